The molecule has 0 aliphatic carbocycles. The zero-order valence-electron chi connectivity index (χ0n) is 47.9. The molecule has 0 saturated carbocycles. The Morgan fingerprint density at radius 3 is 1.20 bits per heavy atom. The van der Waals surface area contributed by atoms with E-state index >= 15 is 0 Å². The molecular formula is C71H57Ir5N10-5. The van der Waals surface area contributed by atoms with Gasteiger partial charge in [0.2, 0.25) is 0 Å². The van der Waals surface area contributed by atoms with Gasteiger partial charge in [0, 0.05) is 129 Å². The number of hydrogen-bond acceptors (Lipinski definition) is 10. The Labute approximate surface area is 572 Å². The van der Waals surface area contributed by atoms with E-state index in [1.807, 2.05) is 163 Å². The molecule has 0 spiro atoms. The third-order valence-electron chi connectivity index (χ3n) is 12.6. The number of rotatable bonds is 6. The number of fused-ring (bicyclic) bond motifs is 2. The topological polar surface area (TPSA) is 129 Å². The van der Waals surface area contributed by atoms with Crippen LogP contribution in [-0.2, 0) is 101 Å². The van der Waals surface area contributed by atoms with Crippen LogP contribution in [0.3, 0.4) is 0 Å². The van der Waals surface area contributed by atoms with Gasteiger partial charge in [0.25, 0.3) is 0 Å². The molecule has 0 bridgehead atoms. The van der Waals surface area contributed by atoms with Crippen molar-refractivity contribution in [2.45, 2.75) is 48.5 Å². The van der Waals surface area contributed by atoms with E-state index in [1.54, 1.807) is 31.6 Å². The largest absolute Gasteiger partial charge is 0.286 e. The standard InChI is InChI=1S/C17H13N2.2C15H11N2.2C12H11N2.5Ir/c1-13-11-17(19-12-18-13)16-9-7-15(8-10-16)14-5-3-2-4-6-14;1-11-9-15(17-10-16-11)14-8-4-6-12-5-2-3-7-13(12)14;1-11-8-15(17-10-16-11)14-7-6-12-4-2-3-5-13(12)9-14;1-9-3-5-11(6-4-9)12-7-10(2)13-8-14-12;1-9-4-3-5-11(6-9)12-7-10(2)13-8-14-12;;;;;/h2-9,11-12H,1H3;2-7,9-10H,1H3;2-6,8-10H,1H3;3-5,7-8H,1-2H3;3-4,6-8H,1-2H3;;;;;/q5*-1;;;;;. The maximum atomic E-state index is 4.32. The molecule has 13 aromatic rings. The first-order valence-corrected chi connectivity index (χ1v) is 26.3. The van der Waals surface area contributed by atoms with E-state index in [9.17, 15) is 0 Å². The van der Waals surface area contributed by atoms with Gasteiger partial charge in [-0.1, -0.05) is 145 Å². The number of hydrogen-bond donors (Lipinski definition) is 0. The zero-order chi connectivity index (χ0) is 56.3. The average molecular weight is 2010 g/mol. The van der Waals surface area contributed by atoms with Crippen LogP contribution in [-0.4, -0.2) is 49.8 Å². The van der Waals surface area contributed by atoms with Crippen LogP contribution < -0.4 is 0 Å². The molecule has 8 aromatic carbocycles. The van der Waals surface area contributed by atoms with Crippen molar-refractivity contribution in [3.8, 4) is 67.4 Å². The molecule has 441 valence electrons. The molecule has 0 saturated heterocycles. The van der Waals surface area contributed by atoms with Crippen LogP contribution in [0.5, 0.6) is 0 Å². The maximum Gasteiger partial charge on any atom is 0.105 e. The predicted molar refractivity (Wildman–Crippen MR) is 325 cm³/mol. The summed E-state index contributed by atoms with van der Waals surface area (Å²) in [5, 5.41) is 4.78. The molecule has 10 nitrogen and oxygen atoms in total. The molecular weight excluding hydrogens is 1950 g/mol. The molecule has 5 radical (unpaired) electrons. The van der Waals surface area contributed by atoms with E-state index in [2.05, 4.69) is 154 Å². The average Bonchev–Trinajstić information content (AvgIpc) is 2.49. The van der Waals surface area contributed by atoms with Crippen LogP contribution in [0, 0.1) is 78.8 Å². The minimum atomic E-state index is 0. The first-order valence-electron chi connectivity index (χ1n) is 26.3. The summed E-state index contributed by atoms with van der Waals surface area (Å²) < 4.78 is 0. The molecule has 86 heavy (non-hydrogen) atoms. The summed E-state index contributed by atoms with van der Waals surface area (Å²) in [4.78, 5) is 41.7. The molecule has 0 amide bonds. The fraction of sp³-hybridized carbons (Fsp3) is 0.0986. The Morgan fingerprint density at radius 2 is 0.698 bits per heavy atom. The molecule has 0 unspecified atom stereocenters. The van der Waals surface area contributed by atoms with Gasteiger partial charge in [0.15, 0.2) is 0 Å². The third-order valence-corrected chi connectivity index (χ3v) is 12.6. The summed E-state index contributed by atoms with van der Waals surface area (Å²) in [7, 11) is 0. The van der Waals surface area contributed by atoms with E-state index in [4.69, 9.17) is 0 Å². The van der Waals surface area contributed by atoms with Crippen molar-refractivity contribution in [3.05, 3.63) is 290 Å². The van der Waals surface area contributed by atoms with E-state index in [0.29, 0.717) is 0 Å². The van der Waals surface area contributed by atoms with E-state index < -0.39 is 0 Å². The van der Waals surface area contributed by atoms with Crippen LogP contribution in [0.15, 0.2) is 220 Å². The molecule has 0 fully saturated rings. The zero-order valence-corrected chi connectivity index (χ0v) is 59.9. The number of benzene rings is 8. The summed E-state index contributed by atoms with van der Waals surface area (Å²) in [5.74, 6) is 0. The molecule has 13 rings (SSSR count). The first-order chi connectivity index (χ1) is 39.5. The summed E-state index contributed by atoms with van der Waals surface area (Å²) in [5.41, 5.74) is 19.3. The van der Waals surface area contributed by atoms with Gasteiger partial charge in [-0.2, -0.15) is 0 Å². The summed E-state index contributed by atoms with van der Waals surface area (Å²) in [6.45, 7) is 13.9. The maximum absolute atomic E-state index is 4.32. The minimum Gasteiger partial charge on any atom is -0.286 e. The smallest absolute Gasteiger partial charge is 0.105 e. The Bertz CT molecular complexity index is 4120. The molecule has 15 heteroatoms. The third kappa shape index (κ3) is 20.8. The summed E-state index contributed by atoms with van der Waals surface area (Å²) in [6.07, 6.45) is 7.94. The fourth-order valence-electron chi connectivity index (χ4n) is 8.43. The van der Waals surface area contributed by atoms with Crippen molar-refractivity contribution in [1.29, 1.82) is 0 Å². The van der Waals surface area contributed by atoms with Crippen LogP contribution in [0.25, 0.3) is 89.0 Å². The predicted octanol–water partition coefficient (Wildman–Crippen LogP) is 15.8. The van der Waals surface area contributed by atoms with Gasteiger partial charge in [-0.25, -0.2) is 24.9 Å². The monoisotopic (exact) mass is 2010 g/mol. The van der Waals surface area contributed by atoms with Crippen molar-refractivity contribution in [2.75, 3.05) is 0 Å². The Hall–Kier alpha value is -7.07. The van der Waals surface area contributed by atoms with Gasteiger partial charge in [0.05, 0.1) is 0 Å². The SMILES string of the molecule is Cc1c[c-]c(-c2cc(C)ncn2)cc1.Cc1cc(-c2[c-]cc(-c3ccccc3)cc2)ncn1.Cc1cc(-c2[c-]cc3ccccc3c2)ncn1.Cc1cc(-c2[c-]ccc3ccccc23)ncn1.Cc1cc[c-]c(-c2cc(C)ncn2)c1.[Ir].[Ir].[Ir].[Ir].[Ir]. The summed E-state index contributed by atoms with van der Waals surface area (Å²) >= 11 is 0. The molecule has 0 atom stereocenters. The van der Waals surface area contributed by atoms with E-state index in [-0.39, 0.29) is 101 Å². The van der Waals surface area contributed by atoms with Crippen molar-refractivity contribution in [1.82, 2.24) is 49.8 Å². The Balaban J connectivity index is 0.000000228. The summed E-state index contributed by atoms with van der Waals surface area (Å²) in [6, 6.07) is 79.1. The second kappa shape index (κ2) is 36.2. The van der Waals surface area contributed by atoms with Gasteiger partial charge in [-0.3, -0.25) is 24.9 Å². The molecule has 5 heterocycles. The quantitative estimate of drug-likeness (QED) is 0.148. The van der Waals surface area contributed by atoms with Crippen molar-refractivity contribution in [3.63, 3.8) is 0 Å². The van der Waals surface area contributed by atoms with E-state index in [1.165, 1.54) is 38.2 Å². The van der Waals surface area contributed by atoms with Crippen LogP contribution in [0.2, 0.25) is 0 Å². The number of aromatic nitrogens is 10. The van der Waals surface area contributed by atoms with Crippen LogP contribution in [0.4, 0.5) is 0 Å². The second-order valence-electron chi connectivity index (χ2n) is 19.1. The van der Waals surface area contributed by atoms with E-state index in [0.717, 1.165) is 90.3 Å². The van der Waals surface area contributed by atoms with Crippen LogP contribution >= 0.6 is 0 Å². The number of aryl methyl sites for hydroxylation is 7. The van der Waals surface area contributed by atoms with Crippen LogP contribution in [0.1, 0.15) is 39.6 Å². The molecule has 0 aliphatic heterocycles. The van der Waals surface area contributed by atoms with Gasteiger partial charge in [-0.15, -0.1) is 159 Å². The normalized spacial score (nSPS) is 9.80. The fourth-order valence-corrected chi connectivity index (χ4v) is 8.43. The van der Waals surface area contributed by atoms with Crippen molar-refractivity contribution < 1.29 is 101 Å². The Kier molecular flexibility index (Phi) is 30.0. The number of nitrogens with zero attached hydrogens (tertiary/aromatic N) is 10. The molecule has 0 aliphatic rings. The Morgan fingerprint density at radius 1 is 0.267 bits per heavy atom. The van der Waals surface area contributed by atoms with Crippen molar-refractivity contribution >= 4 is 21.5 Å². The van der Waals surface area contributed by atoms with Gasteiger partial charge in [-0.05, 0) is 63.1 Å². The van der Waals surface area contributed by atoms with Gasteiger partial charge >= 0.3 is 0 Å². The molecule has 0 N–H and O–H groups in total. The molecule has 5 aromatic heterocycles. The van der Waals surface area contributed by atoms with Gasteiger partial charge < -0.3 is 0 Å². The first kappa shape index (κ1) is 71.4. The minimum absolute atomic E-state index is 0. The second-order valence-corrected chi connectivity index (χ2v) is 19.1. The van der Waals surface area contributed by atoms with Gasteiger partial charge in [0.1, 0.15) is 31.6 Å². The van der Waals surface area contributed by atoms with Crippen molar-refractivity contribution in [2.24, 2.45) is 0 Å².